The molecular weight excluding hydrogens is 353 g/mol. The number of benzene rings is 1. The van der Waals surface area contributed by atoms with Crippen molar-refractivity contribution in [2.24, 2.45) is 0 Å². The zero-order valence-corrected chi connectivity index (χ0v) is 14.1. The van der Waals surface area contributed by atoms with E-state index in [0.29, 0.717) is 16.5 Å². The molecule has 2 aromatic rings. The van der Waals surface area contributed by atoms with Crippen molar-refractivity contribution in [3.8, 4) is 0 Å². The van der Waals surface area contributed by atoms with Crippen molar-refractivity contribution >= 4 is 27.1 Å². The Kier molecular flexibility index (Phi) is 5.04. The van der Waals surface area contributed by atoms with Gasteiger partial charge in [0, 0.05) is 36.6 Å². The number of aliphatic carboxylic acids is 1. The summed E-state index contributed by atoms with van der Waals surface area (Å²) in [5.74, 6) is -1.70. The van der Waals surface area contributed by atoms with Crippen LogP contribution in [0.5, 0.6) is 0 Å². The van der Waals surface area contributed by atoms with Gasteiger partial charge in [-0.3, -0.25) is 4.79 Å². The SMILES string of the molecule is O=C(O)C(Cc1c[nH]c2cc(F)ccc12)NS(=O)(=O)N1CCOCC1. The average molecular weight is 371 g/mol. The number of halogens is 1. The molecule has 1 aromatic carbocycles. The van der Waals surface area contributed by atoms with Gasteiger partial charge in [-0.2, -0.15) is 17.4 Å². The first kappa shape index (κ1) is 17.8. The summed E-state index contributed by atoms with van der Waals surface area (Å²) in [5.41, 5.74) is 1.11. The van der Waals surface area contributed by atoms with Gasteiger partial charge >= 0.3 is 5.97 Å². The number of morpholine rings is 1. The molecule has 0 aliphatic carbocycles. The lowest BCUT2D eigenvalue weighted by Gasteiger charge is -2.27. The van der Waals surface area contributed by atoms with Crippen molar-refractivity contribution < 1.29 is 27.4 Å². The highest BCUT2D eigenvalue weighted by Gasteiger charge is 2.30. The molecule has 8 nitrogen and oxygen atoms in total. The van der Waals surface area contributed by atoms with E-state index in [2.05, 4.69) is 9.71 Å². The minimum Gasteiger partial charge on any atom is -0.480 e. The average Bonchev–Trinajstić information content (AvgIpc) is 2.96. The number of nitrogens with one attached hydrogen (secondary N) is 2. The minimum absolute atomic E-state index is 0.0649. The minimum atomic E-state index is -3.94. The third-order valence-corrected chi connectivity index (χ3v) is 5.68. The van der Waals surface area contributed by atoms with Crippen LogP contribution < -0.4 is 4.72 Å². The third-order valence-electron chi connectivity index (χ3n) is 4.05. The van der Waals surface area contributed by atoms with Crippen LogP contribution in [0, 0.1) is 5.82 Å². The Morgan fingerprint density at radius 2 is 2.12 bits per heavy atom. The largest absolute Gasteiger partial charge is 0.480 e. The van der Waals surface area contributed by atoms with E-state index < -0.39 is 28.0 Å². The topological polar surface area (TPSA) is 112 Å². The molecular formula is C15H18FN3O5S. The maximum atomic E-state index is 13.2. The highest BCUT2D eigenvalue weighted by Crippen LogP contribution is 2.21. The molecule has 1 atom stereocenters. The molecule has 0 saturated carbocycles. The summed E-state index contributed by atoms with van der Waals surface area (Å²) in [5, 5.41) is 10.1. The monoisotopic (exact) mass is 371 g/mol. The molecule has 2 heterocycles. The van der Waals surface area contributed by atoms with E-state index >= 15 is 0 Å². The molecule has 3 rings (SSSR count). The van der Waals surface area contributed by atoms with Crippen LogP contribution in [0.15, 0.2) is 24.4 Å². The number of carboxylic acid groups (broad SMARTS) is 1. The van der Waals surface area contributed by atoms with Crippen molar-refractivity contribution in [1.29, 1.82) is 0 Å². The quantitative estimate of drug-likeness (QED) is 0.683. The highest BCUT2D eigenvalue weighted by molar-refractivity contribution is 7.87. The number of carbonyl (C=O) groups is 1. The Morgan fingerprint density at radius 3 is 2.80 bits per heavy atom. The molecule has 1 aromatic heterocycles. The van der Waals surface area contributed by atoms with Crippen LogP contribution in [-0.4, -0.2) is 61.1 Å². The van der Waals surface area contributed by atoms with Gasteiger partial charge in [-0.25, -0.2) is 4.39 Å². The van der Waals surface area contributed by atoms with E-state index in [-0.39, 0.29) is 32.7 Å². The lowest BCUT2D eigenvalue weighted by molar-refractivity contribution is -0.138. The van der Waals surface area contributed by atoms with Crippen molar-refractivity contribution in [3.63, 3.8) is 0 Å². The second-order valence-corrected chi connectivity index (χ2v) is 7.44. The first-order chi connectivity index (χ1) is 11.9. The van der Waals surface area contributed by atoms with E-state index in [4.69, 9.17) is 4.74 Å². The van der Waals surface area contributed by atoms with Gasteiger partial charge in [-0.05, 0) is 23.8 Å². The second kappa shape index (κ2) is 7.08. The summed E-state index contributed by atoms with van der Waals surface area (Å²) in [6.07, 6.45) is 1.49. The summed E-state index contributed by atoms with van der Waals surface area (Å²) >= 11 is 0. The number of aromatic amines is 1. The Labute approximate surface area is 143 Å². The smallest absolute Gasteiger partial charge is 0.322 e. The number of rotatable bonds is 6. The third kappa shape index (κ3) is 3.98. The van der Waals surface area contributed by atoms with Gasteiger partial charge in [0.2, 0.25) is 0 Å². The molecule has 25 heavy (non-hydrogen) atoms. The number of hydrogen-bond acceptors (Lipinski definition) is 4. The molecule has 10 heteroatoms. The number of aromatic nitrogens is 1. The number of fused-ring (bicyclic) bond motifs is 1. The van der Waals surface area contributed by atoms with E-state index in [1.807, 2.05) is 0 Å². The first-order valence-corrected chi connectivity index (χ1v) is 9.14. The second-order valence-electron chi connectivity index (χ2n) is 5.73. The predicted octanol–water partition coefficient (Wildman–Crippen LogP) is 0.469. The maximum Gasteiger partial charge on any atom is 0.322 e. The summed E-state index contributed by atoms with van der Waals surface area (Å²) in [7, 11) is -3.94. The molecule has 0 radical (unpaired) electrons. The molecule has 0 amide bonds. The fourth-order valence-corrected chi connectivity index (χ4v) is 4.09. The van der Waals surface area contributed by atoms with Crippen LogP contribution >= 0.6 is 0 Å². The van der Waals surface area contributed by atoms with Crippen LogP contribution in [-0.2, 0) is 26.2 Å². The lowest BCUT2D eigenvalue weighted by Crippen LogP contribution is -2.52. The van der Waals surface area contributed by atoms with Gasteiger partial charge in [0.1, 0.15) is 11.9 Å². The molecule has 3 N–H and O–H groups in total. The van der Waals surface area contributed by atoms with Crippen molar-refractivity contribution in [3.05, 3.63) is 35.8 Å². The Bertz CT molecular complexity index is 876. The Hall–Kier alpha value is -2.01. The molecule has 1 aliphatic rings. The summed E-state index contributed by atoms with van der Waals surface area (Å²) in [6, 6.07) is 2.77. The molecule has 1 saturated heterocycles. The first-order valence-electron chi connectivity index (χ1n) is 7.70. The van der Waals surface area contributed by atoms with Crippen molar-refractivity contribution in [1.82, 2.24) is 14.0 Å². The summed E-state index contributed by atoms with van der Waals surface area (Å²) in [4.78, 5) is 14.4. The molecule has 0 bridgehead atoms. The maximum absolute atomic E-state index is 13.2. The standard InChI is InChI=1S/C15H18FN3O5S/c16-11-1-2-12-10(9-17-13(12)8-11)7-14(15(20)21)18-25(22,23)19-3-5-24-6-4-19/h1-2,8-9,14,17-18H,3-7H2,(H,20,21). The number of H-pyrrole nitrogens is 1. The number of ether oxygens (including phenoxy) is 1. The fourth-order valence-electron chi connectivity index (χ4n) is 2.77. The van der Waals surface area contributed by atoms with E-state index in [0.717, 1.165) is 4.31 Å². The highest BCUT2D eigenvalue weighted by atomic mass is 32.2. The molecule has 0 spiro atoms. The molecule has 1 unspecified atom stereocenters. The number of carboxylic acids is 1. The Balaban J connectivity index is 1.80. The van der Waals surface area contributed by atoms with Crippen LogP contribution in [0.4, 0.5) is 4.39 Å². The van der Waals surface area contributed by atoms with Crippen LogP contribution in [0.1, 0.15) is 5.56 Å². The van der Waals surface area contributed by atoms with Crippen LogP contribution in [0.2, 0.25) is 0 Å². The Morgan fingerprint density at radius 1 is 1.40 bits per heavy atom. The normalized spacial score (nSPS) is 17.6. The molecule has 1 fully saturated rings. The van der Waals surface area contributed by atoms with Crippen molar-refractivity contribution in [2.75, 3.05) is 26.3 Å². The van der Waals surface area contributed by atoms with Crippen LogP contribution in [0.3, 0.4) is 0 Å². The van der Waals surface area contributed by atoms with Gasteiger partial charge in [0.25, 0.3) is 10.2 Å². The molecule has 1 aliphatic heterocycles. The van der Waals surface area contributed by atoms with Gasteiger partial charge in [-0.1, -0.05) is 0 Å². The van der Waals surface area contributed by atoms with Gasteiger partial charge in [0.05, 0.1) is 13.2 Å². The zero-order valence-electron chi connectivity index (χ0n) is 13.2. The summed E-state index contributed by atoms with van der Waals surface area (Å²) in [6.45, 7) is 0.890. The van der Waals surface area contributed by atoms with Crippen molar-refractivity contribution in [2.45, 2.75) is 12.5 Å². The van der Waals surface area contributed by atoms with E-state index in [1.165, 1.54) is 18.2 Å². The van der Waals surface area contributed by atoms with Gasteiger partial charge < -0.3 is 14.8 Å². The van der Waals surface area contributed by atoms with Gasteiger partial charge in [0.15, 0.2) is 0 Å². The number of nitrogens with zero attached hydrogens (tertiary/aromatic N) is 1. The number of hydrogen-bond donors (Lipinski definition) is 3. The molecule has 136 valence electrons. The van der Waals surface area contributed by atoms with E-state index in [9.17, 15) is 22.7 Å². The van der Waals surface area contributed by atoms with Gasteiger partial charge in [-0.15, -0.1) is 0 Å². The fraction of sp³-hybridized carbons (Fsp3) is 0.400. The predicted molar refractivity (Wildman–Crippen MR) is 87.8 cm³/mol. The summed E-state index contributed by atoms with van der Waals surface area (Å²) < 4.78 is 46.5. The zero-order chi connectivity index (χ0) is 18.0. The van der Waals surface area contributed by atoms with E-state index in [1.54, 1.807) is 6.20 Å². The lowest BCUT2D eigenvalue weighted by atomic mass is 10.1. The van der Waals surface area contributed by atoms with Crippen LogP contribution in [0.25, 0.3) is 10.9 Å².